The first-order chi connectivity index (χ1) is 9.25. The van der Waals surface area contributed by atoms with Crippen LogP contribution in [-0.2, 0) is 6.42 Å². The summed E-state index contributed by atoms with van der Waals surface area (Å²) in [7, 11) is 0. The molecule has 19 heavy (non-hydrogen) atoms. The minimum Gasteiger partial charge on any atom is -0.345 e. The fraction of sp³-hybridized carbons (Fsp3) is 0.706. The molecule has 0 aliphatic heterocycles. The van der Waals surface area contributed by atoms with Gasteiger partial charge in [-0.2, -0.15) is 0 Å². The molecule has 1 heterocycles. The zero-order valence-corrected chi connectivity index (χ0v) is 11.6. The normalized spacial score (nSPS) is 42.4. The molecule has 3 saturated carbocycles. The first kappa shape index (κ1) is 10.7. The average molecular weight is 255 g/mol. The smallest absolute Gasteiger partial charge is 0.164 e. The molecule has 1 aromatic heterocycles. The Bertz CT molecular complexity index is 568. The van der Waals surface area contributed by atoms with Crippen LogP contribution in [0.25, 0.3) is 0 Å². The zero-order valence-electron chi connectivity index (χ0n) is 11.6. The molecule has 4 aliphatic rings. The summed E-state index contributed by atoms with van der Waals surface area (Å²) in [6.07, 6.45) is 7.41. The SMILES string of the molecule is Cc1cc2c(n1C1C3C4CCC(C4)C31)CCCC2=O. The molecule has 4 atom stereocenters. The fourth-order valence-electron chi connectivity index (χ4n) is 5.79. The van der Waals surface area contributed by atoms with Gasteiger partial charge in [-0.1, -0.05) is 0 Å². The van der Waals surface area contributed by atoms with E-state index in [-0.39, 0.29) is 0 Å². The highest BCUT2D eigenvalue weighted by Gasteiger charge is 2.66. The van der Waals surface area contributed by atoms with E-state index < -0.39 is 0 Å². The first-order valence-electron chi connectivity index (χ1n) is 7.99. The van der Waals surface area contributed by atoms with Crippen molar-refractivity contribution < 1.29 is 4.79 Å². The molecule has 0 radical (unpaired) electrons. The van der Waals surface area contributed by atoms with Crippen LogP contribution in [-0.4, -0.2) is 10.4 Å². The molecular weight excluding hydrogens is 234 g/mol. The van der Waals surface area contributed by atoms with Crippen molar-refractivity contribution >= 4 is 5.78 Å². The summed E-state index contributed by atoms with van der Waals surface area (Å²) in [5.74, 6) is 4.34. The largest absolute Gasteiger partial charge is 0.345 e. The van der Waals surface area contributed by atoms with Crippen molar-refractivity contribution in [2.24, 2.45) is 23.7 Å². The number of ketones is 1. The number of hydrogen-bond donors (Lipinski definition) is 0. The summed E-state index contributed by atoms with van der Waals surface area (Å²) in [5.41, 5.74) is 3.78. The van der Waals surface area contributed by atoms with E-state index in [0.29, 0.717) is 5.78 Å². The quantitative estimate of drug-likeness (QED) is 0.752. The van der Waals surface area contributed by atoms with Crippen LogP contribution in [0.4, 0.5) is 0 Å². The number of nitrogens with zero attached hydrogens (tertiary/aromatic N) is 1. The molecule has 4 unspecified atom stereocenters. The molecule has 0 spiro atoms. The maximum absolute atomic E-state index is 12.1. The van der Waals surface area contributed by atoms with Gasteiger partial charge in [0, 0.05) is 29.4 Å². The molecule has 1 aromatic rings. The maximum Gasteiger partial charge on any atom is 0.164 e. The molecule has 3 fully saturated rings. The molecule has 0 N–H and O–H groups in total. The van der Waals surface area contributed by atoms with Crippen LogP contribution in [0.2, 0.25) is 0 Å². The second-order valence-electron chi connectivity index (χ2n) is 7.27. The number of hydrogen-bond acceptors (Lipinski definition) is 1. The van der Waals surface area contributed by atoms with E-state index in [1.165, 1.54) is 30.7 Å². The van der Waals surface area contributed by atoms with Crippen LogP contribution in [0.5, 0.6) is 0 Å². The third-order valence-corrected chi connectivity index (χ3v) is 6.45. The molecule has 2 nitrogen and oxygen atoms in total. The summed E-state index contributed by atoms with van der Waals surface area (Å²) in [6.45, 7) is 2.21. The fourth-order valence-corrected chi connectivity index (χ4v) is 5.79. The third-order valence-electron chi connectivity index (χ3n) is 6.45. The Morgan fingerprint density at radius 2 is 1.89 bits per heavy atom. The molecule has 2 heteroatoms. The monoisotopic (exact) mass is 255 g/mol. The predicted molar refractivity (Wildman–Crippen MR) is 73.3 cm³/mol. The minimum absolute atomic E-state index is 0.386. The lowest BCUT2D eigenvalue weighted by Gasteiger charge is -2.19. The molecule has 2 bridgehead atoms. The van der Waals surface area contributed by atoms with Crippen molar-refractivity contribution in [2.75, 3.05) is 0 Å². The lowest BCUT2D eigenvalue weighted by atomic mass is 9.96. The van der Waals surface area contributed by atoms with E-state index in [9.17, 15) is 4.79 Å². The molecule has 0 aromatic carbocycles. The second-order valence-corrected chi connectivity index (χ2v) is 7.27. The topological polar surface area (TPSA) is 22.0 Å². The Balaban J connectivity index is 1.59. The van der Waals surface area contributed by atoms with Crippen LogP contribution in [0.15, 0.2) is 6.07 Å². The van der Waals surface area contributed by atoms with Crippen LogP contribution in [0.3, 0.4) is 0 Å². The molecule has 0 saturated heterocycles. The predicted octanol–water partition coefficient (Wildman–Crippen LogP) is 3.53. The van der Waals surface area contributed by atoms with Gasteiger partial charge in [0.15, 0.2) is 5.78 Å². The number of carbonyl (C=O) groups excluding carboxylic acids is 1. The Morgan fingerprint density at radius 3 is 2.63 bits per heavy atom. The standard InChI is InChI=1S/C17H21NO/c1-9-7-12-13(3-2-4-14(12)19)18(9)17-15-10-5-6-11(8-10)16(15)17/h7,10-11,15-17H,2-6,8H2,1H3. The maximum atomic E-state index is 12.1. The highest BCUT2D eigenvalue weighted by Crippen LogP contribution is 2.72. The highest BCUT2D eigenvalue weighted by molar-refractivity contribution is 5.98. The van der Waals surface area contributed by atoms with Gasteiger partial charge in [-0.15, -0.1) is 0 Å². The minimum atomic E-state index is 0.386. The number of rotatable bonds is 1. The van der Waals surface area contributed by atoms with Crippen LogP contribution in [0.1, 0.15) is 59.9 Å². The van der Waals surface area contributed by atoms with Crippen molar-refractivity contribution in [3.05, 3.63) is 23.0 Å². The number of fused-ring (bicyclic) bond motifs is 6. The van der Waals surface area contributed by atoms with Crippen molar-refractivity contribution in [2.45, 2.75) is 51.5 Å². The average Bonchev–Trinajstić information content (AvgIpc) is 2.76. The van der Waals surface area contributed by atoms with E-state index >= 15 is 0 Å². The summed E-state index contributed by atoms with van der Waals surface area (Å²) in [6, 6.07) is 2.94. The lowest BCUT2D eigenvalue weighted by molar-refractivity contribution is 0.0971. The van der Waals surface area contributed by atoms with Gasteiger partial charge in [-0.3, -0.25) is 4.79 Å². The molecule has 100 valence electrons. The molecular formula is C17H21NO. The molecule has 0 amide bonds. The summed E-state index contributed by atoms with van der Waals surface area (Å²) in [5, 5.41) is 0. The number of Topliss-reactive ketones (excluding diaryl/α,β-unsaturated/α-hetero) is 1. The van der Waals surface area contributed by atoms with Crippen molar-refractivity contribution in [1.82, 2.24) is 4.57 Å². The number of aryl methyl sites for hydroxylation is 1. The number of carbonyl (C=O) groups is 1. The van der Waals surface area contributed by atoms with Gasteiger partial charge >= 0.3 is 0 Å². The van der Waals surface area contributed by atoms with Gasteiger partial charge in [0.05, 0.1) is 0 Å². The van der Waals surface area contributed by atoms with Gasteiger partial charge in [-0.05, 0) is 68.8 Å². The second kappa shape index (κ2) is 3.34. The Hall–Kier alpha value is -1.05. The third kappa shape index (κ3) is 1.21. The summed E-state index contributed by atoms with van der Waals surface area (Å²) < 4.78 is 2.59. The van der Waals surface area contributed by atoms with E-state index in [4.69, 9.17) is 0 Å². The van der Waals surface area contributed by atoms with Crippen molar-refractivity contribution in [3.63, 3.8) is 0 Å². The Labute approximate surface area is 114 Å². The highest BCUT2D eigenvalue weighted by atomic mass is 16.1. The molecule has 5 rings (SSSR count). The van der Waals surface area contributed by atoms with Gasteiger partial charge < -0.3 is 4.57 Å². The van der Waals surface area contributed by atoms with E-state index in [1.54, 1.807) is 0 Å². The zero-order chi connectivity index (χ0) is 12.7. The van der Waals surface area contributed by atoms with Gasteiger partial charge in [-0.25, -0.2) is 0 Å². The van der Waals surface area contributed by atoms with Gasteiger partial charge in [0.1, 0.15) is 0 Å². The van der Waals surface area contributed by atoms with Crippen LogP contribution < -0.4 is 0 Å². The first-order valence-corrected chi connectivity index (χ1v) is 7.99. The number of aromatic nitrogens is 1. The Kier molecular flexibility index (Phi) is 1.88. The lowest BCUT2D eigenvalue weighted by Crippen LogP contribution is -2.15. The van der Waals surface area contributed by atoms with Crippen LogP contribution >= 0.6 is 0 Å². The van der Waals surface area contributed by atoms with Crippen molar-refractivity contribution in [1.29, 1.82) is 0 Å². The van der Waals surface area contributed by atoms with E-state index in [2.05, 4.69) is 17.6 Å². The molecule has 4 aliphatic carbocycles. The van der Waals surface area contributed by atoms with Crippen molar-refractivity contribution in [3.8, 4) is 0 Å². The van der Waals surface area contributed by atoms with E-state index in [1.807, 2.05) is 0 Å². The van der Waals surface area contributed by atoms with Gasteiger partial charge in [0.25, 0.3) is 0 Å². The summed E-state index contributed by atoms with van der Waals surface area (Å²) in [4.78, 5) is 12.1. The van der Waals surface area contributed by atoms with Gasteiger partial charge in [0.2, 0.25) is 0 Å². The van der Waals surface area contributed by atoms with Crippen LogP contribution in [0, 0.1) is 30.6 Å². The summed E-state index contributed by atoms with van der Waals surface area (Å²) >= 11 is 0. The Morgan fingerprint density at radius 1 is 1.16 bits per heavy atom. The van der Waals surface area contributed by atoms with E-state index in [0.717, 1.165) is 54.5 Å².